The van der Waals surface area contributed by atoms with Crippen LogP contribution in [-0.2, 0) is 0 Å². The molecule has 0 amide bonds. The van der Waals surface area contributed by atoms with Gasteiger partial charge in [-0.1, -0.05) is 0 Å². The van der Waals surface area contributed by atoms with Crippen molar-refractivity contribution in [3.8, 4) is 34.7 Å². The first-order chi connectivity index (χ1) is 11.0. The standard InChI is InChI=1S/C16H12O7/c1-21-13-3-2-9(6-10(13)18)22-15-7-12(20)16-11(19)4-8(17)5-14(16)23-15/h2-7,17-19H,1H3. The van der Waals surface area contributed by atoms with E-state index in [4.69, 9.17) is 13.9 Å². The number of fused-ring (bicyclic) bond motifs is 1. The zero-order valence-electron chi connectivity index (χ0n) is 11.9. The van der Waals surface area contributed by atoms with Gasteiger partial charge in [0, 0.05) is 18.2 Å². The van der Waals surface area contributed by atoms with Crippen molar-refractivity contribution in [1.82, 2.24) is 0 Å². The topological polar surface area (TPSA) is 109 Å². The van der Waals surface area contributed by atoms with Crippen molar-refractivity contribution in [3.05, 3.63) is 46.6 Å². The first kappa shape index (κ1) is 14.6. The van der Waals surface area contributed by atoms with Gasteiger partial charge >= 0.3 is 0 Å². The van der Waals surface area contributed by atoms with Crippen LogP contribution in [0.4, 0.5) is 0 Å². The molecule has 2 aromatic carbocycles. The maximum Gasteiger partial charge on any atom is 0.294 e. The Morgan fingerprint density at radius 1 is 1.00 bits per heavy atom. The van der Waals surface area contributed by atoms with E-state index in [1.54, 1.807) is 0 Å². The SMILES string of the molecule is COc1ccc(Oc2cc(=O)c3c(O)cc(O)cc3o2)cc1O. The van der Waals surface area contributed by atoms with Crippen LogP contribution >= 0.6 is 0 Å². The van der Waals surface area contributed by atoms with Gasteiger partial charge in [0.05, 0.1) is 13.2 Å². The van der Waals surface area contributed by atoms with E-state index >= 15 is 0 Å². The zero-order chi connectivity index (χ0) is 16.6. The van der Waals surface area contributed by atoms with E-state index in [2.05, 4.69) is 0 Å². The number of phenols is 3. The van der Waals surface area contributed by atoms with Crippen LogP contribution in [0.25, 0.3) is 11.0 Å². The molecule has 1 heterocycles. The summed E-state index contributed by atoms with van der Waals surface area (Å²) in [6.07, 6.45) is 0. The second kappa shape index (κ2) is 5.45. The second-order valence-electron chi connectivity index (χ2n) is 4.70. The first-order valence-corrected chi connectivity index (χ1v) is 6.52. The summed E-state index contributed by atoms with van der Waals surface area (Å²) in [6, 6.07) is 7.59. The summed E-state index contributed by atoms with van der Waals surface area (Å²) in [6.45, 7) is 0. The largest absolute Gasteiger partial charge is 0.508 e. The van der Waals surface area contributed by atoms with Crippen LogP contribution < -0.4 is 14.9 Å². The molecule has 3 aromatic rings. The Kier molecular flexibility index (Phi) is 3.46. The molecule has 0 spiro atoms. The van der Waals surface area contributed by atoms with Gasteiger partial charge in [0.1, 0.15) is 28.2 Å². The fraction of sp³-hybridized carbons (Fsp3) is 0.0625. The molecule has 0 aliphatic rings. The Balaban J connectivity index is 2.04. The van der Waals surface area contributed by atoms with Crippen LogP contribution in [0.2, 0.25) is 0 Å². The molecule has 0 radical (unpaired) electrons. The number of rotatable bonds is 3. The predicted octanol–water partition coefficient (Wildman–Crippen LogP) is 2.71. The fourth-order valence-electron chi connectivity index (χ4n) is 2.13. The van der Waals surface area contributed by atoms with Crippen molar-refractivity contribution in [2.75, 3.05) is 7.11 Å². The summed E-state index contributed by atoms with van der Waals surface area (Å²) >= 11 is 0. The molecule has 0 fully saturated rings. The molecule has 0 unspecified atom stereocenters. The van der Waals surface area contributed by atoms with E-state index in [1.807, 2.05) is 0 Å². The lowest BCUT2D eigenvalue weighted by Crippen LogP contribution is -2.01. The van der Waals surface area contributed by atoms with E-state index < -0.39 is 5.43 Å². The lowest BCUT2D eigenvalue weighted by atomic mass is 10.2. The Bertz CT molecular complexity index is 943. The van der Waals surface area contributed by atoms with E-state index in [0.717, 1.165) is 12.1 Å². The summed E-state index contributed by atoms with van der Waals surface area (Å²) in [7, 11) is 1.41. The first-order valence-electron chi connectivity index (χ1n) is 6.52. The van der Waals surface area contributed by atoms with Gasteiger partial charge in [0.25, 0.3) is 5.95 Å². The highest BCUT2D eigenvalue weighted by Gasteiger charge is 2.13. The van der Waals surface area contributed by atoms with Gasteiger partial charge < -0.3 is 29.2 Å². The van der Waals surface area contributed by atoms with Crippen molar-refractivity contribution in [2.45, 2.75) is 0 Å². The number of methoxy groups -OCH3 is 1. The van der Waals surface area contributed by atoms with Gasteiger partial charge in [-0.05, 0) is 12.1 Å². The normalized spacial score (nSPS) is 10.7. The third-order valence-corrected chi connectivity index (χ3v) is 3.14. The molecule has 0 bridgehead atoms. The molecule has 7 nitrogen and oxygen atoms in total. The van der Waals surface area contributed by atoms with Gasteiger partial charge in [0.2, 0.25) is 0 Å². The van der Waals surface area contributed by atoms with Crippen molar-refractivity contribution >= 4 is 11.0 Å². The van der Waals surface area contributed by atoms with Crippen molar-refractivity contribution in [2.24, 2.45) is 0 Å². The Morgan fingerprint density at radius 2 is 1.78 bits per heavy atom. The second-order valence-corrected chi connectivity index (χ2v) is 4.70. The highest BCUT2D eigenvalue weighted by atomic mass is 16.6. The molecule has 0 saturated carbocycles. The average Bonchev–Trinajstić information content (AvgIpc) is 2.46. The minimum atomic E-state index is -0.531. The van der Waals surface area contributed by atoms with E-state index in [-0.39, 0.29) is 45.7 Å². The number of hydrogen-bond donors (Lipinski definition) is 3. The van der Waals surface area contributed by atoms with Gasteiger partial charge in [-0.15, -0.1) is 0 Å². The van der Waals surface area contributed by atoms with Crippen LogP contribution in [0.3, 0.4) is 0 Å². The monoisotopic (exact) mass is 316 g/mol. The smallest absolute Gasteiger partial charge is 0.294 e. The molecule has 0 saturated heterocycles. The summed E-state index contributed by atoms with van der Waals surface area (Å²) < 4.78 is 15.7. The third kappa shape index (κ3) is 2.71. The minimum absolute atomic E-state index is 0.0252. The van der Waals surface area contributed by atoms with Crippen LogP contribution in [0.15, 0.2) is 45.6 Å². The molecular weight excluding hydrogens is 304 g/mol. The van der Waals surface area contributed by atoms with Gasteiger partial charge in [-0.3, -0.25) is 4.79 Å². The quantitative estimate of drug-likeness (QED) is 0.681. The van der Waals surface area contributed by atoms with Gasteiger partial charge in [-0.2, -0.15) is 0 Å². The molecule has 7 heteroatoms. The summed E-state index contributed by atoms with van der Waals surface area (Å²) in [4.78, 5) is 12.0. The van der Waals surface area contributed by atoms with Crippen molar-refractivity contribution in [1.29, 1.82) is 0 Å². The fourth-order valence-corrected chi connectivity index (χ4v) is 2.13. The molecule has 0 aliphatic carbocycles. The van der Waals surface area contributed by atoms with Crippen LogP contribution in [0, 0.1) is 0 Å². The van der Waals surface area contributed by atoms with E-state index in [0.29, 0.717) is 0 Å². The Morgan fingerprint density at radius 3 is 2.48 bits per heavy atom. The Labute approximate surface area is 129 Å². The lowest BCUT2D eigenvalue weighted by Gasteiger charge is -2.08. The minimum Gasteiger partial charge on any atom is -0.508 e. The van der Waals surface area contributed by atoms with Crippen LogP contribution in [0.5, 0.6) is 34.7 Å². The van der Waals surface area contributed by atoms with E-state index in [9.17, 15) is 20.1 Å². The zero-order valence-corrected chi connectivity index (χ0v) is 11.9. The molecule has 3 rings (SSSR count). The van der Waals surface area contributed by atoms with Crippen molar-refractivity contribution < 1.29 is 29.2 Å². The lowest BCUT2D eigenvalue weighted by molar-refractivity contribution is 0.344. The van der Waals surface area contributed by atoms with Crippen molar-refractivity contribution in [3.63, 3.8) is 0 Å². The maximum atomic E-state index is 12.0. The highest BCUT2D eigenvalue weighted by Crippen LogP contribution is 2.34. The number of phenolic OH excluding ortho intramolecular Hbond substituents is 3. The van der Waals surface area contributed by atoms with Crippen LogP contribution in [0.1, 0.15) is 0 Å². The molecule has 0 aliphatic heterocycles. The third-order valence-electron chi connectivity index (χ3n) is 3.14. The summed E-state index contributed by atoms with van der Waals surface area (Å²) in [5.41, 5.74) is -0.556. The molecule has 23 heavy (non-hydrogen) atoms. The number of benzene rings is 2. The van der Waals surface area contributed by atoms with Gasteiger partial charge in [-0.25, -0.2) is 0 Å². The molecular formula is C16H12O7. The number of hydrogen-bond acceptors (Lipinski definition) is 7. The van der Waals surface area contributed by atoms with Crippen LogP contribution in [-0.4, -0.2) is 22.4 Å². The molecule has 118 valence electrons. The maximum absolute atomic E-state index is 12.0. The number of ether oxygens (including phenoxy) is 2. The van der Waals surface area contributed by atoms with E-state index in [1.165, 1.54) is 31.4 Å². The predicted molar refractivity (Wildman–Crippen MR) is 80.5 cm³/mol. The highest BCUT2D eigenvalue weighted by molar-refractivity contribution is 5.84. The molecule has 3 N–H and O–H groups in total. The van der Waals surface area contributed by atoms with Gasteiger partial charge in [0.15, 0.2) is 16.9 Å². The molecule has 0 atom stereocenters. The number of aromatic hydroxyl groups is 3. The molecule has 1 aromatic heterocycles. The summed E-state index contributed by atoms with van der Waals surface area (Å²) in [5, 5.41) is 28.8. The summed E-state index contributed by atoms with van der Waals surface area (Å²) in [5.74, 6) is -0.442. The Hall–Kier alpha value is -3.35. The average molecular weight is 316 g/mol.